The summed E-state index contributed by atoms with van der Waals surface area (Å²) in [6.45, 7) is 9.97. The first-order valence-corrected chi connectivity index (χ1v) is 11.2. The molecule has 0 amide bonds. The Bertz CT molecular complexity index is 672. The van der Waals surface area contributed by atoms with Gasteiger partial charge in [-0.1, -0.05) is 32.0 Å². The van der Waals surface area contributed by atoms with Crippen LogP contribution in [0.5, 0.6) is 5.75 Å². The Labute approximate surface area is 158 Å². The SMILES string of the molecule is CCNC(=NCCOc1ccccc1C(C)C)NC(C)CCS(C)(=O)=O. The molecule has 0 saturated carbocycles. The highest BCUT2D eigenvalue weighted by Crippen LogP contribution is 2.25. The molecule has 0 heterocycles. The number of ether oxygens (including phenoxy) is 1. The fourth-order valence-corrected chi connectivity index (χ4v) is 3.20. The Morgan fingerprint density at radius 1 is 1.23 bits per heavy atom. The van der Waals surface area contributed by atoms with Crippen LogP contribution >= 0.6 is 0 Å². The smallest absolute Gasteiger partial charge is 0.191 e. The number of hydrogen-bond acceptors (Lipinski definition) is 4. The summed E-state index contributed by atoms with van der Waals surface area (Å²) in [5.41, 5.74) is 1.19. The van der Waals surface area contributed by atoms with E-state index in [-0.39, 0.29) is 11.8 Å². The topological polar surface area (TPSA) is 79.8 Å². The van der Waals surface area contributed by atoms with Crippen molar-refractivity contribution in [3.05, 3.63) is 29.8 Å². The summed E-state index contributed by atoms with van der Waals surface area (Å²) < 4.78 is 28.4. The fraction of sp³-hybridized carbons (Fsp3) is 0.632. The molecule has 7 heteroatoms. The lowest BCUT2D eigenvalue weighted by Crippen LogP contribution is -2.43. The largest absolute Gasteiger partial charge is 0.491 e. The number of nitrogens with zero attached hydrogens (tertiary/aromatic N) is 1. The highest BCUT2D eigenvalue weighted by atomic mass is 32.2. The molecule has 2 N–H and O–H groups in total. The van der Waals surface area contributed by atoms with Gasteiger partial charge in [0, 0.05) is 18.8 Å². The van der Waals surface area contributed by atoms with Gasteiger partial charge in [-0.2, -0.15) is 0 Å². The first kappa shape index (κ1) is 22.3. The number of para-hydroxylation sites is 1. The van der Waals surface area contributed by atoms with E-state index in [0.29, 0.717) is 31.4 Å². The number of rotatable bonds is 10. The Kier molecular flexibility index (Phi) is 9.48. The summed E-state index contributed by atoms with van der Waals surface area (Å²) in [5.74, 6) is 2.14. The fourth-order valence-electron chi connectivity index (χ4n) is 2.42. The molecule has 0 aliphatic rings. The summed E-state index contributed by atoms with van der Waals surface area (Å²) in [4.78, 5) is 4.51. The first-order chi connectivity index (χ1) is 12.2. The van der Waals surface area contributed by atoms with E-state index in [1.54, 1.807) is 0 Å². The molecule has 26 heavy (non-hydrogen) atoms. The van der Waals surface area contributed by atoms with Crippen LogP contribution in [0.3, 0.4) is 0 Å². The van der Waals surface area contributed by atoms with Crippen molar-refractivity contribution in [1.29, 1.82) is 0 Å². The minimum absolute atomic E-state index is 0.0186. The third kappa shape index (κ3) is 9.08. The first-order valence-electron chi connectivity index (χ1n) is 9.17. The molecule has 6 nitrogen and oxygen atoms in total. The monoisotopic (exact) mass is 383 g/mol. The predicted octanol–water partition coefficient (Wildman–Crippen LogP) is 2.57. The lowest BCUT2D eigenvalue weighted by atomic mass is 10.0. The van der Waals surface area contributed by atoms with Crippen molar-refractivity contribution in [1.82, 2.24) is 10.6 Å². The molecule has 0 aliphatic heterocycles. The summed E-state index contributed by atoms with van der Waals surface area (Å²) in [7, 11) is -2.95. The molecule has 0 radical (unpaired) electrons. The second-order valence-corrected chi connectivity index (χ2v) is 9.03. The van der Waals surface area contributed by atoms with Crippen molar-refractivity contribution in [2.24, 2.45) is 4.99 Å². The minimum atomic E-state index is -2.95. The molecule has 0 spiro atoms. The number of benzene rings is 1. The van der Waals surface area contributed by atoms with E-state index in [1.807, 2.05) is 32.0 Å². The third-order valence-corrected chi connectivity index (χ3v) is 4.79. The maximum absolute atomic E-state index is 11.3. The van der Waals surface area contributed by atoms with Crippen LogP contribution in [0, 0.1) is 0 Å². The van der Waals surface area contributed by atoms with Crippen molar-refractivity contribution >= 4 is 15.8 Å². The molecule has 1 unspecified atom stereocenters. The molecular weight excluding hydrogens is 350 g/mol. The number of sulfone groups is 1. The van der Waals surface area contributed by atoms with E-state index in [4.69, 9.17) is 4.74 Å². The Morgan fingerprint density at radius 3 is 2.54 bits per heavy atom. The molecule has 1 rings (SSSR count). The van der Waals surface area contributed by atoms with Gasteiger partial charge in [0.05, 0.1) is 12.3 Å². The standard InChI is InChI=1S/C19H33N3O3S/c1-6-20-19(22-16(4)11-14-26(5,23)24)21-12-13-25-18-10-8-7-9-17(18)15(2)3/h7-10,15-16H,6,11-14H2,1-5H3,(H2,20,21,22). The number of hydrogen-bond donors (Lipinski definition) is 2. The number of guanidine groups is 1. The quantitative estimate of drug-likeness (QED) is 0.369. The van der Waals surface area contributed by atoms with Gasteiger partial charge in [0.25, 0.3) is 0 Å². The highest BCUT2D eigenvalue weighted by molar-refractivity contribution is 7.90. The molecule has 0 aromatic heterocycles. The summed E-state index contributed by atoms with van der Waals surface area (Å²) in [6.07, 6.45) is 1.80. The van der Waals surface area contributed by atoms with Gasteiger partial charge >= 0.3 is 0 Å². The van der Waals surface area contributed by atoms with Gasteiger partial charge < -0.3 is 15.4 Å². The van der Waals surface area contributed by atoms with Crippen LogP contribution in [0.25, 0.3) is 0 Å². The van der Waals surface area contributed by atoms with E-state index < -0.39 is 9.84 Å². The van der Waals surface area contributed by atoms with Crippen LogP contribution in [0.2, 0.25) is 0 Å². The van der Waals surface area contributed by atoms with Gasteiger partial charge in [-0.05, 0) is 37.8 Å². The summed E-state index contributed by atoms with van der Waals surface area (Å²) in [6, 6.07) is 8.07. The van der Waals surface area contributed by atoms with Crippen molar-refractivity contribution in [2.75, 3.05) is 31.7 Å². The third-order valence-electron chi connectivity index (χ3n) is 3.81. The number of aliphatic imine (C=N–C) groups is 1. The van der Waals surface area contributed by atoms with Crippen molar-refractivity contribution in [3.8, 4) is 5.75 Å². The molecule has 1 aromatic rings. The summed E-state index contributed by atoms with van der Waals surface area (Å²) >= 11 is 0. The highest BCUT2D eigenvalue weighted by Gasteiger charge is 2.10. The molecule has 0 saturated heterocycles. The zero-order chi connectivity index (χ0) is 19.6. The Hall–Kier alpha value is -1.76. The van der Waals surface area contributed by atoms with E-state index in [2.05, 4.69) is 35.5 Å². The van der Waals surface area contributed by atoms with Gasteiger partial charge in [-0.25, -0.2) is 13.4 Å². The van der Waals surface area contributed by atoms with Crippen LogP contribution < -0.4 is 15.4 Å². The lowest BCUT2D eigenvalue weighted by molar-refractivity contribution is 0.323. The van der Waals surface area contributed by atoms with E-state index in [9.17, 15) is 8.42 Å². The zero-order valence-corrected chi connectivity index (χ0v) is 17.4. The van der Waals surface area contributed by atoms with E-state index >= 15 is 0 Å². The van der Waals surface area contributed by atoms with Crippen LogP contribution in [0.1, 0.15) is 45.6 Å². The second-order valence-electron chi connectivity index (χ2n) is 6.77. The predicted molar refractivity (Wildman–Crippen MR) is 109 cm³/mol. The lowest BCUT2D eigenvalue weighted by Gasteiger charge is -2.18. The van der Waals surface area contributed by atoms with Crippen LogP contribution in [0.4, 0.5) is 0 Å². The molecule has 0 fully saturated rings. The van der Waals surface area contributed by atoms with Crippen LogP contribution in [0.15, 0.2) is 29.3 Å². The molecule has 1 aromatic carbocycles. The van der Waals surface area contributed by atoms with Gasteiger partial charge in [0.1, 0.15) is 22.2 Å². The van der Waals surface area contributed by atoms with Gasteiger partial charge in [0.15, 0.2) is 5.96 Å². The molecule has 148 valence electrons. The maximum atomic E-state index is 11.3. The van der Waals surface area contributed by atoms with Crippen molar-refractivity contribution in [3.63, 3.8) is 0 Å². The van der Waals surface area contributed by atoms with E-state index in [1.165, 1.54) is 11.8 Å². The van der Waals surface area contributed by atoms with Crippen LogP contribution in [-0.4, -0.2) is 52.1 Å². The average Bonchev–Trinajstić information content (AvgIpc) is 2.56. The van der Waals surface area contributed by atoms with Gasteiger partial charge in [-0.15, -0.1) is 0 Å². The molecular formula is C19H33N3O3S. The summed E-state index contributed by atoms with van der Waals surface area (Å²) in [5, 5.41) is 6.41. The normalized spacial score (nSPS) is 13.5. The molecule has 0 bridgehead atoms. The van der Waals surface area contributed by atoms with E-state index in [0.717, 1.165) is 12.3 Å². The zero-order valence-electron chi connectivity index (χ0n) is 16.6. The van der Waals surface area contributed by atoms with Crippen LogP contribution in [-0.2, 0) is 9.84 Å². The second kappa shape index (κ2) is 11.1. The Morgan fingerprint density at radius 2 is 1.92 bits per heavy atom. The average molecular weight is 384 g/mol. The minimum Gasteiger partial charge on any atom is -0.491 e. The van der Waals surface area contributed by atoms with Crippen molar-refractivity contribution < 1.29 is 13.2 Å². The van der Waals surface area contributed by atoms with Gasteiger partial charge in [0.2, 0.25) is 0 Å². The van der Waals surface area contributed by atoms with Gasteiger partial charge in [-0.3, -0.25) is 0 Å². The maximum Gasteiger partial charge on any atom is 0.191 e. The van der Waals surface area contributed by atoms with Crippen molar-refractivity contribution in [2.45, 2.75) is 46.1 Å². The molecule has 1 atom stereocenters. The Balaban J connectivity index is 2.54. The number of nitrogens with one attached hydrogen (secondary N) is 2. The molecule has 0 aliphatic carbocycles.